The van der Waals surface area contributed by atoms with E-state index < -0.39 is 0 Å². The van der Waals surface area contributed by atoms with Crippen LogP contribution in [-0.4, -0.2) is 45.7 Å². The molecule has 1 N–H and O–H groups in total. The molecule has 0 aromatic heterocycles. The molecule has 0 radical (unpaired) electrons. The average molecular weight is 266 g/mol. The molecule has 19 heavy (non-hydrogen) atoms. The van der Waals surface area contributed by atoms with E-state index in [4.69, 9.17) is 9.47 Å². The third-order valence-corrected chi connectivity index (χ3v) is 2.96. The summed E-state index contributed by atoms with van der Waals surface area (Å²) in [5.74, 6) is 1.58. The fourth-order valence-electron chi connectivity index (χ4n) is 1.69. The van der Waals surface area contributed by atoms with Gasteiger partial charge in [0, 0.05) is 25.7 Å². The van der Waals surface area contributed by atoms with Gasteiger partial charge in [0.1, 0.15) is 11.5 Å². The van der Waals surface area contributed by atoms with Crippen molar-refractivity contribution < 1.29 is 14.3 Å². The second-order valence-corrected chi connectivity index (χ2v) is 4.50. The Morgan fingerprint density at radius 1 is 1.32 bits per heavy atom. The van der Waals surface area contributed by atoms with Crippen molar-refractivity contribution in [2.75, 3.05) is 34.9 Å². The maximum absolute atomic E-state index is 11.6. The van der Waals surface area contributed by atoms with Crippen LogP contribution in [0.25, 0.3) is 0 Å². The number of methoxy groups -OCH3 is 2. The highest BCUT2D eigenvalue weighted by atomic mass is 16.5. The topological polar surface area (TPSA) is 50.8 Å². The van der Waals surface area contributed by atoms with Crippen LogP contribution >= 0.6 is 0 Å². The van der Waals surface area contributed by atoms with Gasteiger partial charge in [-0.25, -0.2) is 0 Å². The Morgan fingerprint density at radius 2 is 2.00 bits per heavy atom. The number of carbonyl (C=O) groups is 1. The van der Waals surface area contributed by atoms with Crippen LogP contribution in [0, 0.1) is 0 Å². The van der Waals surface area contributed by atoms with Crippen molar-refractivity contribution in [2.24, 2.45) is 0 Å². The van der Waals surface area contributed by atoms with Crippen LogP contribution in [0.5, 0.6) is 11.5 Å². The zero-order valence-electron chi connectivity index (χ0n) is 12.2. The van der Waals surface area contributed by atoms with Gasteiger partial charge in [-0.15, -0.1) is 0 Å². The largest absolute Gasteiger partial charge is 0.497 e. The summed E-state index contributed by atoms with van der Waals surface area (Å²) in [7, 11) is 6.73. The minimum atomic E-state index is -0.00560. The van der Waals surface area contributed by atoms with Gasteiger partial charge in [-0.1, -0.05) is 0 Å². The molecule has 106 valence electrons. The summed E-state index contributed by atoms with van der Waals surface area (Å²) in [6.07, 6.45) is 0. The van der Waals surface area contributed by atoms with Crippen molar-refractivity contribution >= 4 is 5.91 Å². The van der Waals surface area contributed by atoms with Crippen molar-refractivity contribution in [2.45, 2.75) is 13.0 Å². The van der Waals surface area contributed by atoms with Gasteiger partial charge in [0.15, 0.2) is 0 Å². The van der Waals surface area contributed by atoms with E-state index in [2.05, 4.69) is 5.32 Å². The molecule has 0 saturated carbocycles. The Kier molecular flexibility index (Phi) is 5.63. The van der Waals surface area contributed by atoms with Crippen LogP contribution in [0.15, 0.2) is 18.2 Å². The number of hydrogen-bond acceptors (Lipinski definition) is 4. The maximum atomic E-state index is 11.6. The molecule has 5 heteroatoms. The lowest BCUT2D eigenvalue weighted by atomic mass is 10.1. The van der Waals surface area contributed by atoms with Crippen LogP contribution in [0.3, 0.4) is 0 Å². The molecule has 0 aliphatic rings. The van der Waals surface area contributed by atoms with Gasteiger partial charge in [0.2, 0.25) is 5.91 Å². The number of carbonyl (C=O) groups excluding carboxylic acids is 1. The van der Waals surface area contributed by atoms with E-state index >= 15 is 0 Å². The highest BCUT2D eigenvalue weighted by Crippen LogP contribution is 2.28. The summed E-state index contributed by atoms with van der Waals surface area (Å²) in [5, 5.41) is 3.18. The standard InChI is InChI=1S/C14H22N2O3/c1-10(15-9-14(17)16(2)3)12-8-11(18-4)6-7-13(12)19-5/h6-8,10,15H,9H2,1-5H3. The molecule has 5 nitrogen and oxygen atoms in total. The van der Waals surface area contributed by atoms with Crippen LogP contribution in [0.1, 0.15) is 18.5 Å². The van der Waals surface area contributed by atoms with Crippen LogP contribution in [0.4, 0.5) is 0 Å². The zero-order chi connectivity index (χ0) is 14.4. The summed E-state index contributed by atoms with van der Waals surface area (Å²) >= 11 is 0. The Labute approximate surface area is 114 Å². The average Bonchev–Trinajstić information content (AvgIpc) is 2.43. The van der Waals surface area contributed by atoms with Gasteiger partial charge < -0.3 is 19.7 Å². The third-order valence-electron chi connectivity index (χ3n) is 2.96. The van der Waals surface area contributed by atoms with E-state index in [1.807, 2.05) is 25.1 Å². The first-order valence-electron chi connectivity index (χ1n) is 6.15. The predicted octanol–water partition coefficient (Wildman–Crippen LogP) is 1.44. The first-order valence-corrected chi connectivity index (χ1v) is 6.15. The molecule has 0 saturated heterocycles. The molecular weight excluding hydrogens is 244 g/mol. The molecule has 0 aliphatic heterocycles. The SMILES string of the molecule is COc1ccc(OC)c(C(C)NCC(=O)N(C)C)c1. The second-order valence-electron chi connectivity index (χ2n) is 4.50. The van der Waals surface area contributed by atoms with Gasteiger partial charge in [-0.05, 0) is 25.1 Å². The summed E-state index contributed by atoms with van der Waals surface area (Å²) in [5.41, 5.74) is 0.966. The molecule has 0 heterocycles. The van der Waals surface area contributed by atoms with Gasteiger partial charge >= 0.3 is 0 Å². The summed E-state index contributed by atoms with van der Waals surface area (Å²) in [4.78, 5) is 13.1. The lowest BCUT2D eigenvalue weighted by Crippen LogP contribution is -2.34. The Morgan fingerprint density at radius 3 is 2.53 bits per heavy atom. The highest BCUT2D eigenvalue weighted by Gasteiger charge is 2.14. The molecule has 0 fully saturated rings. The highest BCUT2D eigenvalue weighted by molar-refractivity contribution is 5.77. The van der Waals surface area contributed by atoms with Crippen LogP contribution in [-0.2, 0) is 4.79 Å². The van der Waals surface area contributed by atoms with Crippen molar-refractivity contribution in [1.29, 1.82) is 0 Å². The van der Waals surface area contributed by atoms with Crippen molar-refractivity contribution in [3.8, 4) is 11.5 Å². The summed E-state index contributed by atoms with van der Waals surface area (Å²) in [6, 6.07) is 5.62. The molecular formula is C14H22N2O3. The summed E-state index contributed by atoms with van der Waals surface area (Å²) in [6.45, 7) is 2.27. The van der Waals surface area contributed by atoms with E-state index in [9.17, 15) is 4.79 Å². The molecule has 1 amide bonds. The molecule has 1 atom stereocenters. The van der Waals surface area contributed by atoms with Gasteiger partial charge in [0.05, 0.1) is 20.8 Å². The maximum Gasteiger partial charge on any atom is 0.236 e. The number of ether oxygens (including phenoxy) is 2. The fraction of sp³-hybridized carbons (Fsp3) is 0.500. The monoisotopic (exact) mass is 266 g/mol. The van der Waals surface area contributed by atoms with E-state index in [1.54, 1.807) is 33.2 Å². The first kappa shape index (κ1) is 15.3. The minimum Gasteiger partial charge on any atom is -0.497 e. The van der Waals surface area contributed by atoms with Crippen LogP contribution in [0.2, 0.25) is 0 Å². The quantitative estimate of drug-likeness (QED) is 0.846. The number of nitrogens with one attached hydrogen (secondary N) is 1. The number of rotatable bonds is 6. The fourth-order valence-corrected chi connectivity index (χ4v) is 1.69. The lowest BCUT2D eigenvalue weighted by molar-refractivity contribution is -0.127. The smallest absolute Gasteiger partial charge is 0.236 e. The Hall–Kier alpha value is -1.75. The molecule has 1 rings (SSSR count). The molecule has 1 aromatic carbocycles. The molecule has 0 aliphatic carbocycles. The number of nitrogens with zero attached hydrogens (tertiary/aromatic N) is 1. The van der Waals surface area contributed by atoms with E-state index in [0.717, 1.165) is 17.1 Å². The van der Waals surface area contributed by atoms with E-state index in [-0.39, 0.29) is 18.5 Å². The zero-order valence-corrected chi connectivity index (χ0v) is 12.2. The Bertz CT molecular complexity index is 433. The predicted molar refractivity (Wildman–Crippen MR) is 74.7 cm³/mol. The van der Waals surface area contributed by atoms with Gasteiger partial charge in [-0.2, -0.15) is 0 Å². The number of likely N-dealkylation sites (N-methyl/N-ethyl adjacent to an activating group) is 1. The third kappa shape index (κ3) is 4.13. The number of benzene rings is 1. The lowest BCUT2D eigenvalue weighted by Gasteiger charge is -2.19. The normalized spacial score (nSPS) is 11.8. The first-order chi connectivity index (χ1) is 8.99. The molecule has 1 unspecified atom stereocenters. The molecule has 0 spiro atoms. The van der Waals surface area contributed by atoms with E-state index in [1.165, 1.54) is 0 Å². The van der Waals surface area contributed by atoms with Gasteiger partial charge in [0.25, 0.3) is 0 Å². The minimum absolute atomic E-state index is 0.00560. The number of hydrogen-bond donors (Lipinski definition) is 1. The molecule has 1 aromatic rings. The van der Waals surface area contributed by atoms with Crippen molar-refractivity contribution in [3.05, 3.63) is 23.8 Å². The van der Waals surface area contributed by atoms with Crippen molar-refractivity contribution in [3.63, 3.8) is 0 Å². The van der Waals surface area contributed by atoms with Crippen molar-refractivity contribution in [1.82, 2.24) is 10.2 Å². The summed E-state index contributed by atoms with van der Waals surface area (Å²) < 4.78 is 10.5. The second kappa shape index (κ2) is 6.99. The van der Waals surface area contributed by atoms with Gasteiger partial charge in [-0.3, -0.25) is 4.79 Å². The Balaban J connectivity index is 2.79. The van der Waals surface area contributed by atoms with E-state index in [0.29, 0.717) is 0 Å². The number of amides is 1. The molecule has 0 bridgehead atoms. The van der Waals surface area contributed by atoms with Crippen LogP contribution < -0.4 is 14.8 Å².